The van der Waals surface area contributed by atoms with Crippen molar-refractivity contribution < 1.29 is 31.5 Å². The van der Waals surface area contributed by atoms with Crippen LogP contribution in [0.1, 0.15) is 38.5 Å². The van der Waals surface area contributed by atoms with E-state index in [9.17, 15) is 26.8 Å². The first kappa shape index (κ1) is 21.6. The first-order valence-electron chi connectivity index (χ1n) is 9.55. The van der Waals surface area contributed by atoms with Gasteiger partial charge in [-0.15, -0.1) is 0 Å². The van der Waals surface area contributed by atoms with Crippen LogP contribution < -0.4 is 5.32 Å². The number of nitrogens with zero attached hydrogens (tertiary/aromatic N) is 1. The smallest absolute Gasteiger partial charge is 0.331 e. The second-order valence-corrected chi connectivity index (χ2v) is 9.46. The molecule has 29 heavy (non-hydrogen) atoms. The predicted molar refractivity (Wildman–Crippen MR) is 99.2 cm³/mol. The van der Waals surface area contributed by atoms with Gasteiger partial charge in [-0.25, -0.2) is 22.0 Å². The fourth-order valence-electron chi connectivity index (χ4n) is 4.04. The number of esters is 1. The fourth-order valence-corrected chi connectivity index (χ4v) is 5.52. The Kier molecular flexibility index (Phi) is 6.23. The van der Waals surface area contributed by atoms with Crippen LogP contribution in [0.3, 0.4) is 0 Å². The topological polar surface area (TPSA) is 92.8 Å². The predicted octanol–water partition coefficient (Wildman–Crippen LogP) is 1.97. The molecule has 0 bridgehead atoms. The van der Waals surface area contributed by atoms with Crippen LogP contribution in [0.4, 0.5) is 8.78 Å². The second kappa shape index (κ2) is 8.35. The molecule has 1 aliphatic heterocycles. The van der Waals surface area contributed by atoms with Crippen molar-refractivity contribution in [3.8, 4) is 0 Å². The van der Waals surface area contributed by atoms with E-state index in [-0.39, 0.29) is 36.7 Å². The van der Waals surface area contributed by atoms with Crippen LogP contribution in [0, 0.1) is 17.6 Å². The zero-order valence-corrected chi connectivity index (χ0v) is 16.9. The largest absolute Gasteiger partial charge is 0.467 e. The highest BCUT2D eigenvalue weighted by Gasteiger charge is 2.45. The molecule has 160 valence electrons. The van der Waals surface area contributed by atoms with Gasteiger partial charge in [0, 0.05) is 19.0 Å². The lowest BCUT2D eigenvalue weighted by atomic mass is 9.92. The summed E-state index contributed by atoms with van der Waals surface area (Å²) in [6, 6.07) is 2.45. The zero-order valence-electron chi connectivity index (χ0n) is 16.1. The lowest BCUT2D eigenvalue weighted by Gasteiger charge is -2.33. The minimum atomic E-state index is -3.98. The van der Waals surface area contributed by atoms with Crippen LogP contribution in [0.5, 0.6) is 0 Å². The lowest BCUT2D eigenvalue weighted by molar-refractivity contribution is -0.151. The monoisotopic (exact) mass is 430 g/mol. The fraction of sp³-hybridized carbons (Fsp3) is 0.579. The van der Waals surface area contributed by atoms with Gasteiger partial charge in [-0.05, 0) is 43.9 Å². The van der Waals surface area contributed by atoms with Gasteiger partial charge in [-0.3, -0.25) is 4.79 Å². The molecular formula is C19H24F2N2O5S. The number of benzene rings is 1. The van der Waals surface area contributed by atoms with Gasteiger partial charge in [0.2, 0.25) is 15.9 Å². The van der Waals surface area contributed by atoms with Gasteiger partial charge in [-0.1, -0.05) is 12.8 Å². The number of piperidine rings is 1. The third-order valence-corrected chi connectivity index (χ3v) is 7.64. The number of ether oxygens (including phenoxy) is 1. The van der Waals surface area contributed by atoms with E-state index in [0.717, 1.165) is 29.3 Å². The summed E-state index contributed by atoms with van der Waals surface area (Å²) < 4.78 is 57.8. The molecular weight excluding hydrogens is 406 g/mol. The summed E-state index contributed by atoms with van der Waals surface area (Å²) in [4.78, 5) is 24.6. The van der Waals surface area contributed by atoms with Gasteiger partial charge < -0.3 is 10.1 Å². The molecule has 0 unspecified atom stereocenters. The minimum Gasteiger partial charge on any atom is -0.467 e. The maximum Gasteiger partial charge on any atom is 0.331 e. The Morgan fingerprint density at radius 3 is 2.31 bits per heavy atom. The van der Waals surface area contributed by atoms with Crippen LogP contribution >= 0.6 is 0 Å². The van der Waals surface area contributed by atoms with E-state index in [0.29, 0.717) is 18.9 Å². The molecule has 0 spiro atoms. The molecule has 1 saturated carbocycles. The Morgan fingerprint density at radius 1 is 1.14 bits per heavy atom. The van der Waals surface area contributed by atoms with Crippen LogP contribution in [-0.4, -0.2) is 50.3 Å². The minimum absolute atomic E-state index is 0.0740. The molecule has 1 heterocycles. The molecule has 1 aromatic carbocycles. The van der Waals surface area contributed by atoms with Gasteiger partial charge in [-0.2, -0.15) is 4.31 Å². The van der Waals surface area contributed by atoms with Gasteiger partial charge in [0.05, 0.1) is 12.0 Å². The molecule has 3 rings (SSSR count). The number of carbonyl (C=O) groups is 2. The van der Waals surface area contributed by atoms with Crippen LogP contribution in [-0.2, 0) is 24.3 Å². The maximum absolute atomic E-state index is 13.4. The van der Waals surface area contributed by atoms with E-state index in [2.05, 4.69) is 5.32 Å². The summed E-state index contributed by atoms with van der Waals surface area (Å²) in [5.74, 6) is -3.53. The van der Waals surface area contributed by atoms with Gasteiger partial charge in [0.25, 0.3) is 0 Å². The van der Waals surface area contributed by atoms with Crippen molar-refractivity contribution in [1.29, 1.82) is 0 Å². The number of sulfonamides is 1. The Labute approximate surface area is 168 Å². The number of halogens is 2. The van der Waals surface area contributed by atoms with Crippen molar-refractivity contribution in [3.05, 3.63) is 29.8 Å². The molecule has 1 amide bonds. The zero-order chi connectivity index (χ0) is 21.2. The number of hydrogen-bond acceptors (Lipinski definition) is 5. The van der Waals surface area contributed by atoms with E-state index < -0.39 is 39.1 Å². The van der Waals surface area contributed by atoms with Crippen LogP contribution in [0.25, 0.3) is 0 Å². The number of nitrogens with one attached hydrogen (secondary N) is 1. The first-order valence-corrected chi connectivity index (χ1v) is 11.0. The SMILES string of the molecule is COC(=O)C1(NC(=O)C2CCN(S(=O)(=O)c3ccc(F)c(F)c3)CC2)CCCC1. The number of hydrogen-bond donors (Lipinski definition) is 1. The molecule has 1 aliphatic carbocycles. The molecule has 7 nitrogen and oxygen atoms in total. The molecule has 1 aromatic rings. The summed E-state index contributed by atoms with van der Waals surface area (Å²) in [6.07, 6.45) is 3.22. The second-order valence-electron chi connectivity index (χ2n) is 7.52. The van der Waals surface area contributed by atoms with Crippen molar-refractivity contribution in [1.82, 2.24) is 9.62 Å². The Balaban J connectivity index is 1.64. The third kappa shape index (κ3) is 4.28. The molecule has 1 saturated heterocycles. The summed E-state index contributed by atoms with van der Waals surface area (Å²) in [7, 11) is -2.69. The van der Waals surface area contributed by atoms with E-state index in [1.54, 1.807) is 0 Å². The summed E-state index contributed by atoms with van der Waals surface area (Å²) in [5, 5.41) is 2.84. The molecule has 0 radical (unpaired) electrons. The average Bonchev–Trinajstić information content (AvgIpc) is 3.19. The van der Waals surface area contributed by atoms with Crippen LogP contribution in [0.15, 0.2) is 23.1 Å². The van der Waals surface area contributed by atoms with E-state index in [1.165, 1.54) is 7.11 Å². The van der Waals surface area contributed by atoms with Crippen molar-refractivity contribution >= 4 is 21.9 Å². The summed E-state index contributed by atoms with van der Waals surface area (Å²) >= 11 is 0. The molecule has 2 fully saturated rings. The normalized spacial score (nSPS) is 20.4. The number of amides is 1. The molecule has 2 aliphatic rings. The van der Waals surface area contributed by atoms with Gasteiger partial charge in [0.1, 0.15) is 5.54 Å². The average molecular weight is 430 g/mol. The van der Waals surface area contributed by atoms with E-state index in [4.69, 9.17) is 4.74 Å². The highest BCUT2D eigenvalue weighted by molar-refractivity contribution is 7.89. The number of rotatable bonds is 5. The standard InChI is InChI=1S/C19H24F2N2O5S/c1-28-18(25)19(8-2-3-9-19)22-17(24)13-6-10-23(11-7-13)29(26,27)14-4-5-15(20)16(21)12-14/h4-5,12-13H,2-3,6-11H2,1H3,(H,22,24). The maximum atomic E-state index is 13.4. The number of carbonyl (C=O) groups excluding carboxylic acids is 2. The number of methoxy groups -OCH3 is 1. The van der Waals surface area contributed by atoms with Crippen molar-refractivity contribution in [3.63, 3.8) is 0 Å². The highest BCUT2D eigenvalue weighted by Crippen LogP contribution is 2.32. The van der Waals surface area contributed by atoms with Crippen molar-refractivity contribution in [2.24, 2.45) is 5.92 Å². The quantitative estimate of drug-likeness (QED) is 0.721. The van der Waals surface area contributed by atoms with Crippen molar-refractivity contribution in [2.75, 3.05) is 20.2 Å². The Bertz CT molecular complexity index is 892. The van der Waals surface area contributed by atoms with Crippen LogP contribution in [0.2, 0.25) is 0 Å². The lowest BCUT2D eigenvalue weighted by Crippen LogP contribution is -2.55. The summed E-state index contributed by atoms with van der Waals surface area (Å²) in [6.45, 7) is 0.148. The third-order valence-electron chi connectivity index (χ3n) is 5.75. The molecule has 10 heteroatoms. The van der Waals surface area contributed by atoms with E-state index >= 15 is 0 Å². The van der Waals surface area contributed by atoms with Crippen molar-refractivity contribution in [2.45, 2.75) is 49.0 Å². The highest BCUT2D eigenvalue weighted by atomic mass is 32.2. The van der Waals surface area contributed by atoms with Gasteiger partial charge in [0.15, 0.2) is 11.6 Å². The molecule has 0 aromatic heterocycles. The first-order chi connectivity index (χ1) is 13.7. The Morgan fingerprint density at radius 2 is 1.76 bits per heavy atom. The Hall–Kier alpha value is -2.07. The van der Waals surface area contributed by atoms with E-state index in [1.807, 2.05) is 0 Å². The molecule has 0 atom stereocenters. The molecule has 1 N–H and O–H groups in total. The van der Waals surface area contributed by atoms with Gasteiger partial charge >= 0.3 is 5.97 Å². The summed E-state index contributed by atoms with van der Waals surface area (Å²) in [5.41, 5.74) is -0.999.